The Morgan fingerprint density at radius 3 is 2.69 bits per heavy atom. The fourth-order valence-electron chi connectivity index (χ4n) is 3.68. The summed E-state index contributed by atoms with van der Waals surface area (Å²) in [6, 6.07) is 10.6. The maximum Gasteiger partial charge on any atom is 0.128 e. The number of benzene rings is 1. The Labute approximate surface area is 155 Å². The van der Waals surface area contributed by atoms with Crippen LogP contribution in [0.4, 0.5) is 5.82 Å². The smallest absolute Gasteiger partial charge is 0.128 e. The van der Waals surface area contributed by atoms with Crippen LogP contribution in [-0.2, 0) is 17.0 Å². The Hall–Kier alpha value is -2.12. The molecule has 1 saturated heterocycles. The molecule has 1 aromatic heterocycles. The molecule has 0 radical (unpaired) electrons. The summed E-state index contributed by atoms with van der Waals surface area (Å²) in [6.07, 6.45) is 2.57. The van der Waals surface area contributed by atoms with E-state index in [1.165, 1.54) is 11.1 Å². The van der Waals surface area contributed by atoms with Crippen LogP contribution in [0.2, 0.25) is 0 Å². The van der Waals surface area contributed by atoms with E-state index in [4.69, 9.17) is 9.52 Å². The molecule has 1 aromatic carbocycles. The molecule has 0 bridgehead atoms. The van der Waals surface area contributed by atoms with Gasteiger partial charge in [0.05, 0.1) is 22.1 Å². The predicted molar refractivity (Wildman–Crippen MR) is 103 cm³/mol. The largest absolute Gasteiger partial charge is 0.493 e. The van der Waals surface area contributed by atoms with Crippen LogP contribution in [0.5, 0.6) is 5.75 Å². The van der Waals surface area contributed by atoms with Gasteiger partial charge in [0.25, 0.3) is 0 Å². The number of piperazine rings is 1. The fourth-order valence-corrected chi connectivity index (χ4v) is 4.05. The molecule has 2 aliphatic heterocycles. The van der Waals surface area contributed by atoms with E-state index in [-0.39, 0.29) is 0 Å². The van der Waals surface area contributed by atoms with E-state index in [0.29, 0.717) is 10.9 Å². The second kappa shape index (κ2) is 7.25. The third-order valence-corrected chi connectivity index (χ3v) is 6.09. The van der Waals surface area contributed by atoms with Gasteiger partial charge in [-0.2, -0.15) is 0 Å². The number of hydrogen-bond acceptors (Lipinski definition) is 6. The maximum absolute atomic E-state index is 11.2. The van der Waals surface area contributed by atoms with Gasteiger partial charge in [0.15, 0.2) is 0 Å². The molecule has 1 N–H and O–H groups in total. The number of nitrogens with one attached hydrogen (secondary N) is 1. The van der Waals surface area contributed by atoms with Gasteiger partial charge >= 0.3 is 0 Å². The third kappa shape index (κ3) is 3.41. The number of nitrogens with zero attached hydrogens (tertiary/aromatic N) is 3. The summed E-state index contributed by atoms with van der Waals surface area (Å²) in [6.45, 7) is 6.80. The number of anilines is 1. The highest BCUT2D eigenvalue weighted by Crippen LogP contribution is 2.31. The van der Waals surface area contributed by atoms with Gasteiger partial charge in [-0.1, -0.05) is 12.1 Å². The van der Waals surface area contributed by atoms with Gasteiger partial charge in [-0.25, -0.2) is 9.19 Å². The molecule has 7 heteroatoms. The van der Waals surface area contributed by atoms with E-state index in [9.17, 15) is 4.21 Å². The first-order valence-corrected chi connectivity index (χ1v) is 10.3. The van der Waals surface area contributed by atoms with Crippen molar-refractivity contribution in [1.29, 1.82) is 4.78 Å². The van der Waals surface area contributed by atoms with Crippen molar-refractivity contribution in [3.8, 4) is 5.75 Å². The van der Waals surface area contributed by atoms with E-state index in [2.05, 4.69) is 39.9 Å². The van der Waals surface area contributed by atoms with Crippen molar-refractivity contribution in [2.24, 2.45) is 0 Å². The molecule has 0 aliphatic carbocycles. The molecular weight excluding hydrogens is 348 g/mol. The van der Waals surface area contributed by atoms with Gasteiger partial charge in [-0.15, -0.1) is 0 Å². The van der Waals surface area contributed by atoms with Crippen LogP contribution in [0.25, 0.3) is 0 Å². The van der Waals surface area contributed by atoms with E-state index < -0.39 is 10.6 Å². The van der Waals surface area contributed by atoms with Crippen molar-refractivity contribution >= 4 is 16.4 Å². The van der Waals surface area contributed by atoms with Gasteiger partial charge in [0.2, 0.25) is 0 Å². The van der Waals surface area contributed by atoms with Crippen LogP contribution in [0, 0.1) is 4.78 Å². The van der Waals surface area contributed by atoms with Crippen molar-refractivity contribution in [2.45, 2.75) is 24.3 Å². The lowest BCUT2D eigenvalue weighted by Gasteiger charge is -2.38. The zero-order valence-corrected chi connectivity index (χ0v) is 15.8. The van der Waals surface area contributed by atoms with Crippen molar-refractivity contribution < 1.29 is 8.95 Å². The lowest BCUT2D eigenvalue weighted by Crippen LogP contribution is -2.47. The lowest BCUT2D eigenvalue weighted by atomic mass is 10.0. The summed E-state index contributed by atoms with van der Waals surface area (Å²) in [5.41, 5.74) is 2.62. The van der Waals surface area contributed by atoms with Crippen LogP contribution in [0.3, 0.4) is 0 Å². The number of aromatic nitrogens is 1. The van der Waals surface area contributed by atoms with E-state index in [0.717, 1.165) is 50.8 Å². The summed E-state index contributed by atoms with van der Waals surface area (Å²) in [5, 5.41) is 0. The van der Waals surface area contributed by atoms with Gasteiger partial charge < -0.3 is 9.64 Å². The lowest BCUT2D eigenvalue weighted by molar-refractivity contribution is 0.198. The molecular formula is C19H24N4O2S. The zero-order valence-electron chi connectivity index (χ0n) is 14.9. The Bertz CT molecular complexity index is 850. The van der Waals surface area contributed by atoms with E-state index >= 15 is 0 Å². The quantitative estimate of drug-likeness (QED) is 0.807. The summed E-state index contributed by atoms with van der Waals surface area (Å²) >= 11 is 0. The number of thiol groups is 1. The molecule has 0 saturated carbocycles. The maximum atomic E-state index is 11.2. The second-order valence-corrected chi connectivity index (χ2v) is 7.94. The predicted octanol–water partition coefficient (Wildman–Crippen LogP) is 2.50. The van der Waals surface area contributed by atoms with Crippen molar-refractivity contribution in [1.82, 2.24) is 9.88 Å². The van der Waals surface area contributed by atoms with E-state index in [1.807, 2.05) is 6.07 Å². The van der Waals surface area contributed by atoms with Crippen molar-refractivity contribution in [3.05, 3.63) is 47.7 Å². The number of rotatable bonds is 4. The molecule has 138 valence electrons. The zero-order chi connectivity index (χ0) is 18.1. The standard InChI is InChI=1S/C19H24N4O2S/c1-14(16-3-2-15-6-11-25-18(15)12-16)22-7-9-23(10-8-22)19-5-4-17(13-21-19)26(20)24/h2-5,12-14,20,26H,6-11H2,1H3. The van der Waals surface area contributed by atoms with Gasteiger partial charge in [-0.3, -0.25) is 9.68 Å². The SMILES string of the molecule is CC(c1ccc2c(c1)OCC2)N1CCN(c2ccc([SH](=N)=O)cn2)CC1. The minimum absolute atomic E-state index is 0.356. The first-order chi connectivity index (χ1) is 12.6. The fraction of sp³-hybridized carbons (Fsp3) is 0.421. The van der Waals surface area contributed by atoms with Gasteiger partial charge in [-0.05, 0) is 36.2 Å². The molecule has 0 amide bonds. The normalized spacial score (nSPS) is 19.7. The van der Waals surface area contributed by atoms with Crippen LogP contribution >= 0.6 is 0 Å². The first-order valence-electron chi connectivity index (χ1n) is 9.01. The van der Waals surface area contributed by atoms with Gasteiger partial charge in [0, 0.05) is 44.8 Å². The molecule has 2 unspecified atom stereocenters. The molecule has 2 aromatic rings. The van der Waals surface area contributed by atoms with Gasteiger partial charge in [0.1, 0.15) is 11.6 Å². The van der Waals surface area contributed by atoms with Crippen LogP contribution in [0.15, 0.2) is 41.4 Å². The summed E-state index contributed by atoms with van der Waals surface area (Å²) in [5.74, 6) is 1.94. The van der Waals surface area contributed by atoms with Crippen LogP contribution < -0.4 is 9.64 Å². The average molecular weight is 372 g/mol. The molecule has 6 nitrogen and oxygen atoms in total. The average Bonchev–Trinajstić information content (AvgIpc) is 3.15. The topological polar surface area (TPSA) is 69.5 Å². The second-order valence-electron chi connectivity index (χ2n) is 6.83. The molecule has 3 heterocycles. The molecule has 0 spiro atoms. The Balaban J connectivity index is 1.40. The highest BCUT2D eigenvalue weighted by molar-refractivity contribution is 7.73. The number of pyridine rings is 1. The molecule has 26 heavy (non-hydrogen) atoms. The number of hydrogen-bond donors (Lipinski definition) is 2. The Morgan fingerprint density at radius 1 is 1.19 bits per heavy atom. The summed E-state index contributed by atoms with van der Waals surface area (Å²) in [7, 11) is -2.07. The van der Waals surface area contributed by atoms with E-state index in [1.54, 1.807) is 12.3 Å². The molecule has 2 aliphatic rings. The molecule has 1 fully saturated rings. The number of ether oxygens (including phenoxy) is 1. The van der Waals surface area contributed by atoms with Crippen molar-refractivity contribution in [2.75, 3.05) is 37.7 Å². The van der Waals surface area contributed by atoms with Crippen LogP contribution in [0.1, 0.15) is 24.1 Å². The minimum Gasteiger partial charge on any atom is -0.493 e. The molecule has 2 atom stereocenters. The monoisotopic (exact) mass is 372 g/mol. The Kier molecular flexibility index (Phi) is 4.82. The summed E-state index contributed by atoms with van der Waals surface area (Å²) < 4.78 is 24.2. The number of fused-ring (bicyclic) bond motifs is 1. The Morgan fingerprint density at radius 2 is 2.00 bits per heavy atom. The minimum atomic E-state index is -2.07. The first kappa shape index (κ1) is 17.3. The third-order valence-electron chi connectivity index (χ3n) is 5.36. The van der Waals surface area contributed by atoms with Crippen LogP contribution in [-0.4, -0.2) is 46.9 Å². The van der Waals surface area contributed by atoms with Crippen molar-refractivity contribution in [3.63, 3.8) is 0 Å². The summed E-state index contributed by atoms with van der Waals surface area (Å²) in [4.78, 5) is 9.59. The highest BCUT2D eigenvalue weighted by atomic mass is 32.2. The molecule has 4 rings (SSSR count). The highest BCUT2D eigenvalue weighted by Gasteiger charge is 2.24.